The molecular weight excluding hydrogens is 418 g/mol. The molecule has 2 aromatic rings. The molecule has 2 rings (SSSR count). The molecule has 186 valence electrons. The molecule has 0 aromatic heterocycles. The quantitative estimate of drug-likeness (QED) is 0.370. The lowest BCUT2D eigenvalue weighted by Gasteiger charge is -2.35. The van der Waals surface area contributed by atoms with Gasteiger partial charge in [0.1, 0.15) is 6.54 Å². The predicted octanol–water partition coefficient (Wildman–Crippen LogP) is 7.77. The Labute approximate surface area is 207 Å². The van der Waals surface area contributed by atoms with Crippen LogP contribution < -0.4 is 0 Å². The largest absolute Gasteiger partial charge is 0.480 e. The Hall–Kier alpha value is -2.55. The molecule has 0 spiro atoms. The summed E-state index contributed by atoms with van der Waals surface area (Å²) in [6.45, 7) is 19.9. The van der Waals surface area contributed by atoms with Crippen molar-refractivity contribution in [2.75, 3.05) is 13.6 Å². The first-order chi connectivity index (χ1) is 15.8. The van der Waals surface area contributed by atoms with Gasteiger partial charge in [0, 0.05) is 23.7 Å². The fourth-order valence-corrected chi connectivity index (χ4v) is 5.11. The van der Waals surface area contributed by atoms with Gasteiger partial charge in [-0.15, -0.1) is 0 Å². The van der Waals surface area contributed by atoms with E-state index < -0.39 is 5.97 Å². The van der Waals surface area contributed by atoms with Crippen molar-refractivity contribution in [3.8, 4) is 0 Å². The van der Waals surface area contributed by atoms with E-state index in [1.807, 2.05) is 0 Å². The summed E-state index contributed by atoms with van der Waals surface area (Å²) >= 11 is 0. The summed E-state index contributed by atoms with van der Waals surface area (Å²) in [5, 5.41) is 9.13. The number of benzene rings is 2. The van der Waals surface area contributed by atoms with E-state index in [9.17, 15) is 4.79 Å². The van der Waals surface area contributed by atoms with Crippen molar-refractivity contribution in [1.29, 1.82) is 0 Å². The van der Waals surface area contributed by atoms with E-state index in [1.165, 1.54) is 35.1 Å². The van der Waals surface area contributed by atoms with Crippen LogP contribution in [0, 0.1) is 19.3 Å². The molecule has 0 unspecified atom stereocenters. The topological polar surface area (TPSA) is 40.5 Å². The van der Waals surface area contributed by atoms with Gasteiger partial charge < -0.3 is 10.0 Å². The van der Waals surface area contributed by atoms with Gasteiger partial charge in [0.25, 0.3) is 0 Å². The van der Waals surface area contributed by atoms with Gasteiger partial charge in [-0.1, -0.05) is 77.6 Å². The van der Waals surface area contributed by atoms with Crippen LogP contribution >= 0.6 is 0 Å². The van der Waals surface area contributed by atoms with E-state index in [0.717, 1.165) is 36.1 Å². The second-order valence-electron chi connectivity index (χ2n) is 11.1. The highest BCUT2D eigenvalue weighted by Gasteiger charge is 2.31. The maximum absolute atomic E-state index is 11.1. The molecule has 0 aliphatic rings. The van der Waals surface area contributed by atoms with Gasteiger partial charge in [-0.25, -0.2) is 0 Å². The minimum atomic E-state index is -0.855. The van der Waals surface area contributed by atoms with E-state index in [1.54, 1.807) is 11.9 Å². The van der Waals surface area contributed by atoms with Gasteiger partial charge in [0.15, 0.2) is 0 Å². The molecule has 3 nitrogen and oxygen atoms in total. The van der Waals surface area contributed by atoms with Gasteiger partial charge in [-0.2, -0.15) is 0 Å². The van der Waals surface area contributed by atoms with E-state index in [2.05, 4.69) is 91.4 Å². The van der Waals surface area contributed by atoms with Gasteiger partial charge in [-0.05, 0) is 79.2 Å². The van der Waals surface area contributed by atoms with Crippen LogP contribution in [0.3, 0.4) is 0 Å². The number of carbonyl (C=O) groups is 1. The van der Waals surface area contributed by atoms with Crippen molar-refractivity contribution in [2.45, 2.75) is 86.0 Å². The van der Waals surface area contributed by atoms with E-state index in [0.29, 0.717) is 5.41 Å². The van der Waals surface area contributed by atoms with E-state index in [4.69, 9.17) is 5.11 Å². The highest BCUT2D eigenvalue weighted by Crippen LogP contribution is 2.41. The van der Waals surface area contributed by atoms with E-state index in [-0.39, 0.29) is 12.0 Å². The number of likely N-dealkylation sites (N-methyl/N-ethyl adjacent to an activating group) is 1. The van der Waals surface area contributed by atoms with Crippen molar-refractivity contribution in [3.05, 3.63) is 76.4 Å². The maximum atomic E-state index is 11.1. The summed E-state index contributed by atoms with van der Waals surface area (Å²) in [4.78, 5) is 12.8. The third kappa shape index (κ3) is 6.52. The van der Waals surface area contributed by atoms with Crippen molar-refractivity contribution in [1.82, 2.24) is 4.90 Å². The third-order valence-corrected chi connectivity index (χ3v) is 7.40. The normalized spacial score (nSPS) is 12.0. The zero-order valence-electron chi connectivity index (χ0n) is 22.7. The molecule has 0 saturated heterocycles. The molecule has 0 radical (unpaired) electrons. The average molecular weight is 464 g/mol. The molecule has 0 aliphatic carbocycles. The van der Waals surface area contributed by atoms with Gasteiger partial charge in [0.05, 0.1) is 0 Å². The number of carboxylic acid groups (broad SMARTS) is 1. The molecule has 0 heterocycles. The second kappa shape index (κ2) is 11.3. The van der Waals surface area contributed by atoms with Crippen LogP contribution in [0.5, 0.6) is 0 Å². The number of hydrogen-bond donors (Lipinski definition) is 1. The van der Waals surface area contributed by atoms with Gasteiger partial charge >= 0.3 is 5.97 Å². The summed E-state index contributed by atoms with van der Waals surface area (Å²) in [7, 11) is 1.78. The van der Waals surface area contributed by atoms with Crippen molar-refractivity contribution in [3.63, 3.8) is 0 Å². The molecular formula is C31H45NO2. The average Bonchev–Trinajstić information content (AvgIpc) is 2.75. The molecule has 1 N–H and O–H groups in total. The molecule has 0 atom stereocenters. The maximum Gasteiger partial charge on any atom is 0.323 e. The summed E-state index contributed by atoms with van der Waals surface area (Å²) in [6, 6.07) is 13.7. The summed E-state index contributed by atoms with van der Waals surface area (Å²) < 4.78 is 0. The monoisotopic (exact) mass is 463 g/mol. The Morgan fingerprint density at radius 3 is 2.00 bits per heavy atom. The second-order valence-corrected chi connectivity index (χ2v) is 11.1. The van der Waals surface area contributed by atoms with Crippen LogP contribution in [0.25, 0.3) is 5.70 Å². The highest BCUT2D eigenvalue weighted by atomic mass is 16.4. The molecule has 0 aliphatic heterocycles. The van der Waals surface area contributed by atoms with Gasteiger partial charge in [-0.3, -0.25) is 4.79 Å². The standard InChI is InChI=1S/C31H45NO2/c1-10-31(11-2,26-15-14-25(22(3)19-26)13-12-18-30(6,7)8)27-16-17-28(23(4)20-27)24(5)32(9)21-29(33)34/h14-17,19-20H,5,10-13,18,21H2,1-4,6-9H3,(H,33,34). The molecule has 3 heteroatoms. The Morgan fingerprint density at radius 1 is 0.971 bits per heavy atom. The number of nitrogens with zero attached hydrogens (tertiary/aromatic N) is 1. The lowest BCUT2D eigenvalue weighted by molar-refractivity contribution is -0.137. The van der Waals surface area contributed by atoms with Crippen molar-refractivity contribution < 1.29 is 9.90 Å². The minimum Gasteiger partial charge on any atom is -0.480 e. The van der Waals surface area contributed by atoms with Crippen LogP contribution in [0.4, 0.5) is 0 Å². The predicted molar refractivity (Wildman–Crippen MR) is 145 cm³/mol. The third-order valence-electron chi connectivity index (χ3n) is 7.40. The summed E-state index contributed by atoms with van der Waals surface area (Å²) in [5.41, 5.74) is 8.72. The molecule has 34 heavy (non-hydrogen) atoms. The number of carboxylic acids is 1. The van der Waals surface area contributed by atoms with Crippen LogP contribution in [0.1, 0.15) is 93.7 Å². The number of hydrogen-bond acceptors (Lipinski definition) is 2. The number of aliphatic carboxylic acids is 1. The number of aryl methyl sites for hydroxylation is 3. The van der Waals surface area contributed by atoms with Gasteiger partial charge in [0.2, 0.25) is 0 Å². The van der Waals surface area contributed by atoms with Crippen molar-refractivity contribution in [2.24, 2.45) is 5.41 Å². The van der Waals surface area contributed by atoms with Crippen LogP contribution in [0.15, 0.2) is 43.0 Å². The van der Waals surface area contributed by atoms with Crippen LogP contribution in [-0.4, -0.2) is 29.6 Å². The Kier molecular flexibility index (Phi) is 9.16. The molecule has 0 amide bonds. The molecule has 0 bridgehead atoms. The first kappa shape index (κ1) is 27.7. The molecule has 0 saturated carbocycles. The van der Waals surface area contributed by atoms with E-state index >= 15 is 0 Å². The number of rotatable bonds is 11. The Bertz CT molecular complexity index is 1010. The van der Waals surface area contributed by atoms with Crippen LogP contribution in [-0.2, 0) is 16.6 Å². The molecule has 2 aromatic carbocycles. The highest BCUT2D eigenvalue weighted by molar-refractivity contribution is 5.73. The first-order valence-electron chi connectivity index (χ1n) is 12.7. The fraction of sp³-hybridized carbons (Fsp3) is 0.516. The lowest BCUT2D eigenvalue weighted by Crippen LogP contribution is -2.27. The zero-order valence-corrected chi connectivity index (χ0v) is 22.7. The van der Waals surface area contributed by atoms with Crippen molar-refractivity contribution >= 4 is 11.7 Å². The fourth-order valence-electron chi connectivity index (χ4n) is 5.11. The zero-order chi connectivity index (χ0) is 25.7. The van der Waals surface area contributed by atoms with Crippen LogP contribution in [0.2, 0.25) is 0 Å². The summed E-state index contributed by atoms with van der Waals surface area (Å²) in [6.07, 6.45) is 5.63. The Morgan fingerprint density at radius 2 is 1.53 bits per heavy atom. The Balaban J connectivity index is 2.37. The molecule has 0 fully saturated rings. The smallest absolute Gasteiger partial charge is 0.323 e. The minimum absolute atomic E-state index is 0.0493. The lowest BCUT2D eigenvalue weighted by atomic mass is 9.69. The SMILES string of the molecule is C=C(c1ccc(C(CC)(CC)c2ccc(CCCC(C)(C)C)c(C)c2)cc1C)N(C)CC(=O)O. The summed E-state index contributed by atoms with van der Waals surface area (Å²) in [5.74, 6) is -0.855. The first-order valence-corrected chi connectivity index (χ1v) is 12.7.